The quantitative estimate of drug-likeness (QED) is 0.408. The van der Waals surface area contributed by atoms with Crippen LogP contribution in [0.4, 0.5) is 0 Å². The molecule has 0 heterocycles. The average Bonchev–Trinajstić information content (AvgIpc) is 1.41. The van der Waals surface area contributed by atoms with E-state index in [0.717, 1.165) is 6.42 Å². The number of allylic oxidation sites excluding steroid dienone is 1. The minimum atomic E-state index is 0.795. The predicted molar refractivity (Wildman–Crippen MR) is 23.7 cm³/mol. The Bertz CT molecular complexity index is 47.1. The minimum Gasteiger partial charge on any atom is -0.133 e. The minimum absolute atomic E-state index is 0.795. The maximum atomic E-state index is 3.52. The summed E-state index contributed by atoms with van der Waals surface area (Å²) >= 11 is 0. The molecule has 0 fully saturated rings. The van der Waals surface area contributed by atoms with Gasteiger partial charge >= 0.3 is 0 Å². The van der Waals surface area contributed by atoms with Gasteiger partial charge in [-0.1, -0.05) is 6.58 Å². The molecule has 0 spiro atoms. The molecule has 0 bridgehead atoms. The second-order valence-electron chi connectivity index (χ2n) is 0.697. The molecule has 0 aliphatic heterocycles. The first-order valence-corrected chi connectivity index (χ1v) is 1.55. The summed E-state index contributed by atoms with van der Waals surface area (Å²) in [6, 6.07) is 0. The first-order chi connectivity index (χ1) is 2.41. The summed E-state index contributed by atoms with van der Waals surface area (Å²) in [5.41, 5.74) is 2.58. The monoisotopic (exact) mass is 67.1 g/mol. The topological polar surface area (TPSA) is 0 Å². The summed E-state index contributed by atoms with van der Waals surface area (Å²) in [5, 5.41) is 0. The smallest absolute Gasteiger partial charge is 0.0274 e. The van der Waals surface area contributed by atoms with Crippen LogP contribution in [0.2, 0.25) is 0 Å². The molecule has 0 nitrogen and oxygen atoms in total. The zero-order valence-corrected chi connectivity index (χ0v) is 3.20. The van der Waals surface area contributed by atoms with Crippen molar-refractivity contribution >= 4 is 0 Å². The summed E-state index contributed by atoms with van der Waals surface area (Å²) in [7, 11) is 0. The van der Waals surface area contributed by atoms with Crippen LogP contribution < -0.4 is 0 Å². The van der Waals surface area contributed by atoms with Gasteiger partial charge in [-0.05, 0) is 19.4 Å². The van der Waals surface area contributed by atoms with Gasteiger partial charge in [0.2, 0.25) is 0 Å². The van der Waals surface area contributed by atoms with Crippen LogP contribution in [0.5, 0.6) is 0 Å². The van der Waals surface area contributed by atoms with Crippen molar-refractivity contribution in [2.45, 2.75) is 6.42 Å². The van der Waals surface area contributed by atoms with E-state index in [4.69, 9.17) is 0 Å². The molecule has 0 saturated carbocycles. The Kier molecular flexibility index (Phi) is 3.18. The third-order valence-corrected chi connectivity index (χ3v) is 0.289. The van der Waals surface area contributed by atoms with Gasteiger partial charge in [0.25, 0.3) is 0 Å². The molecule has 0 aromatic heterocycles. The highest BCUT2D eigenvalue weighted by Gasteiger charge is 1.49. The van der Waals surface area contributed by atoms with Crippen LogP contribution in [0.25, 0.3) is 0 Å². The third-order valence-electron chi connectivity index (χ3n) is 0.289. The lowest BCUT2D eigenvalue weighted by molar-refractivity contribution is 1.41. The highest BCUT2D eigenvalue weighted by Crippen LogP contribution is 1.68. The molecule has 0 amide bonds. The van der Waals surface area contributed by atoms with Crippen molar-refractivity contribution in [2.24, 2.45) is 0 Å². The molecule has 27 valence electrons. The lowest BCUT2D eigenvalue weighted by Crippen LogP contribution is -1.40. The van der Waals surface area contributed by atoms with Crippen molar-refractivity contribution in [3.8, 4) is 0 Å². The molecular weight excluding hydrogens is 60.1 g/mol. The molecule has 0 atom stereocenters. The van der Waals surface area contributed by atoms with E-state index < -0.39 is 0 Å². The molecule has 5 heavy (non-hydrogen) atoms. The summed E-state index contributed by atoms with van der Waals surface area (Å²) in [5.74, 6) is 0. The molecule has 1 radical (unpaired) electrons. The van der Waals surface area contributed by atoms with E-state index in [1.54, 1.807) is 6.08 Å². The van der Waals surface area contributed by atoms with Crippen molar-refractivity contribution in [1.82, 2.24) is 0 Å². The highest BCUT2D eigenvalue weighted by atomic mass is 13.6. The van der Waals surface area contributed by atoms with Crippen LogP contribution in [0.1, 0.15) is 6.42 Å². The van der Waals surface area contributed by atoms with Crippen LogP contribution >= 0.6 is 0 Å². The van der Waals surface area contributed by atoms with Crippen LogP contribution in [0, 0.1) is 6.92 Å². The van der Waals surface area contributed by atoms with Gasteiger partial charge < -0.3 is 0 Å². The first kappa shape index (κ1) is 4.52. The number of hydrogen-bond acceptors (Lipinski definition) is 0. The van der Waals surface area contributed by atoms with E-state index in [1.807, 2.05) is 0 Å². The van der Waals surface area contributed by atoms with E-state index >= 15 is 0 Å². The molecule has 0 unspecified atom stereocenters. The first-order valence-electron chi connectivity index (χ1n) is 1.55. The second-order valence-corrected chi connectivity index (χ2v) is 0.697. The van der Waals surface area contributed by atoms with Gasteiger partial charge in [-0.3, -0.25) is 0 Å². The van der Waals surface area contributed by atoms with Crippen molar-refractivity contribution in [1.29, 1.82) is 0 Å². The Morgan fingerprint density at radius 2 is 2.40 bits per heavy atom. The summed E-state index contributed by atoms with van der Waals surface area (Å²) < 4.78 is 0. The summed E-state index contributed by atoms with van der Waals surface area (Å²) in [6.45, 7) is 6.85. The Hall–Kier alpha value is -0.480. The van der Waals surface area contributed by atoms with E-state index in [1.165, 1.54) is 0 Å². The molecule has 0 heteroatoms. The number of rotatable bonds is 1. The Morgan fingerprint density at radius 1 is 1.80 bits per heavy atom. The van der Waals surface area contributed by atoms with Gasteiger partial charge in [-0.25, -0.2) is 0 Å². The van der Waals surface area contributed by atoms with Gasteiger partial charge in [-0.15, -0.1) is 5.73 Å². The normalized spacial score (nSPS) is 5.80. The van der Waals surface area contributed by atoms with Crippen molar-refractivity contribution in [2.75, 3.05) is 0 Å². The molecule has 0 rings (SSSR count). The van der Waals surface area contributed by atoms with Gasteiger partial charge in [0.15, 0.2) is 0 Å². The molecular formula is C5H7. The lowest BCUT2D eigenvalue weighted by Gasteiger charge is -1.59. The zero-order chi connectivity index (χ0) is 4.12. The van der Waals surface area contributed by atoms with E-state index in [-0.39, 0.29) is 0 Å². The molecule has 0 aliphatic rings. The standard InChI is InChI=1S/C5H7/c1-3-5-4-2/h5H,1-3H2. The zero-order valence-electron chi connectivity index (χ0n) is 3.20. The van der Waals surface area contributed by atoms with E-state index in [9.17, 15) is 0 Å². The van der Waals surface area contributed by atoms with Gasteiger partial charge in [0.1, 0.15) is 0 Å². The average molecular weight is 67.1 g/mol. The SMILES string of the molecule is [CH2]CC=C=C. The Balaban J connectivity index is 2.93. The van der Waals surface area contributed by atoms with E-state index in [0.29, 0.717) is 0 Å². The van der Waals surface area contributed by atoms with Crippen LogP contribution in [0.15, 0.2) is 18.4 Å². The van der Waals surface area contributed by atoms with Gasteiger partial charge in [0, 0.05) is 0 Å². The maximum absolute atomic E-state index is 3.52. The third kappa shape index (κ3) is 3.52. The second kappa shape index (κ2) is 3.52. The fourth-order valence-corrected chi connectivity index (χ4v) is 0.102. The molecule has 0 aromatic rings. The molecule has 0 aromatic carbocycles. The van der Waals surface area contributed by atoms with Crippen molar-refractivity contribution in [3.63, 3.8) is 0 Å². The van der Waals surface area contributed by atoms with Gasteiger partial charge in [-0.2, -0.15) is 0 Å². The molecule has 0 aliphatic carbocycles. The van der Waals surface area contributed by atoms with Crippen molar-refractivity contribution in [3.05, 3.63) is 25.3 Å². The van der Waals surface area contributed by atoms with Crippen LogP contribution in [-0.4, -0.2) is 0 Å². The van der Waals surface area contributed by atoms with E-state index in [2.05, 4.69) is 19.2 Å². The van der Waals surface area contributed by atoms with Gasteiger partial charge in [0.05, 0.1) is 0 Å². The lowest BCUT2D eigenvalue weighted by atomic mass is 10.5. The van der Waals surface area contributed by atoms with Crippen molar-refractivity contribution < 1.29 is 0 Å². The number of hydrogen-bond donors (Lipinski definition) is 0. The largest absolute Gasteiger partial charge is 0.133 e. The fourth-order valence-electron chi connectivity index (χ4n) is 0.102. The molecule has 0 saturated heterocycles. The fraction of sp³-hybridized carbons (Fsp3) is 0.200. The predicted octanol–water partition coefficient (Wildman–Crippen LogP) is 1.55. The molecule has 0 N–H and O–H groups in total. The summed E-state index contributed by atoms with van der Waals surface area (Å²) in [4.78, 5) is 0. The van der Waals surface area contributed by atoms with Crippen LogP contribution in [0.3, 0.4) is 0 Å². The van der Waals surface area contributed by atoms with Crippen LogP contribution in [-0.2, 0) is 0 Å². The summed E-state index contributed by atoms with van der Waals surface area (Å²) in [6.07, 6.45) is 2.57. The maximum Gasteiger partial charge on any atom is -0.0274 e. The Labute approximate surface area is 32.8 Å². The highest BCUT2D eigenvalue weighted by molar-refractivity contribution is 4.75. The Morgan fingerprint density at radius 3 is 2.40 bits per heavy atom.